The predicted octanol–water partition coefficient (Wildman–Crippen LogP) is 4.06. The number of nitrogens with zero attached hydrogens (tertiary/aromatic N) is 1. The zero-order chi connectivity index (χ0) is 28.7. The number of rotatable bonds is 5. The number of amides is 1. The van der Waals surface area contributed by atoms with Gasteiger partial charge >= 0.3 is 0 Å². The monoisotopic (exact) mass is 555 g/mol. The van der Waals surface area contributed by atoms with E-state index in [2.05, 4.69) is 0 Å². The summed E-state index contributed by atoms with van der Waals surface area (Å²) in [5, 5.41) is 32.5. The Hall–Kier alpha value is -5.09. The molecule has 41 heavy (non-hydrogen) atoms. The molecule has 2 aromatic heterocycles. The van der Waals surface area contributed by atoms with Crippen molar-refractivity contribution in [3.8, 4) is 28.6 Å². The fraction of sp³-hybridized carbons (Fsp3) is 0.194. The lowest BCUT2D eigenvalue weighted by Gasteiger charge is -2.29. The molecule has 1 amide bonds. The molecule has 3 aromatic carbocycles. The third-order valence-electron chi connectivity index (χ3n) is 7.36. The van der Waals surface area contributed by atoms with E-state index in [1.807, 2.05) is 0 Å². The molecule has 1 fully saturated rings. The van der Waals surface area contributed by atoms with E-state index in [0.29, 0.717) is 37.4 Å². The first-order chi connectivity index (χ1) is 19.8. The highest BCUT2D eigenvalue weighted by atomic mass is 16.5. The number of aromatic hydroxyl groups is 3. The molecule has 3 heterocycles. The van der Waals surface area contributed by atoms with Crippen LogP contribution in [0, 0.1) is 0 Å². The predicted molar refractivity (Wildman–Crippen MR) is 149 cm³/mol. The second-order valence-electron chi connectivity index (χ2n) is 9.77. The number of phenols is 3. The van der Waals surface area contributed by atoms with Crippen LogP contribution in [0.3, 0.4) is 0 Å². The minimum atomic E-state index is -1.23. The number of morpholine rings is 1. The standard InChI is InChI=1S/C31H25NO9/c33-21-15-23(17-6-2-1-3-7-17)41-31-25(28(36)30(38)29(37)26(21)31)19(14-24(34)32-10-12-39-13-11-32)20-16-40-22-9-5-4-8-18(22)27(20)35/h1-9,15-16,19,36-38H,10-14H2/t19-/m0/s1. The van der Waals surface area contributed by atoms with Crippen LogP contribution >= 0.6 is 0 Å². The van der Waals surface area contributed by atoms with E-state index in [-0.39, 0.29) is 40.2 Å². The quantitative estimate of drug-likeness (QED) is 0.273. The van der Waals surface area contributed by atoms with Crippen LogP contribution in [0.15, 0.2) is 85.4 Å². The third-order valence-corrected chi connectivity index (χ3v) is 7.36. The summed E-state index contributed by atoms with van der Waals surface area (Å²) in [6.45, 7) is 1.35. The smallest absolute Gasteiger partial charge is 0.223 e. The summed E-state index contributed by atoms with van der Waals surface area (Å²) < 4.78 is 17.2. The second-order valence-corrected chi connectivity index (χ2v) is 9.77. The van der Waals surface area contributed by atoms with E-state index in [9.17, 15) is 29.7 Å². The Bertz CT molecular complexity index is 1900. The van der Waals surface area contributed by atoms with Crippen molar-refractivity contribution in [1.29, 1.82) is 0 Å². The molecule has 1 atom stereocenters. The van der Waals surface area contributed by atoms with Crippen LogP contribution < -0.4 is 10.9 Å². The molecule has 0 spiro atoms. The molecule has 3 N–H and O–H groups in total. The van der Waals surface area contributed by atoms with Crippen LogP contribution in [0.2, 0.25) is 0 Å². The maximum absolute atomic E-state index is 13.8. The molecule has 10 nitrogen and oxygen atoms in total. The molecule has 0 unspecified atom stereocenters. The summed E-state index contributed by atoms with van der Waals surface area (Å²) >= 11 is 0. The van der Waals surface area contributed by atoms with Crippen LogP contribution in [0.25, 0.3) is 33.3 Å². The van der Waals surface area contributed by atoms with Crippen molar-refractivity contribution in [2.75, 3.05) is 26.3 Å². The zero-order valence-corrected chi connectivity index (χ0v) is 21.7. The molecule has 10 heteroatoms. The first kappa shape index (κ1) is 26.1. The first-order valence-corrected chi connectivity index (χ1v) is 13.0. The van der Waals surface area contributed by atoms with Gasteiger partial charge in [0.1, 0.15) is 22.3 Å². The minimum absolute atomic E-state index is 0.000220. The van der Waals surface area contributed by atoms with Crippen molar-refractivity contribution in [1.82, 2.24) is 4.90 Å². The summed E-state index contributed by atoms with van der Waals surface area (Å²) in [5.74, 6) is -4.13. The number of hydrogen-bond acceptors (Lipinski definition) is 9. The van der Waals surface area contributed by atoms with Gasteiger partial charge in [0.2, 0.25) is 11.7 Å². The van der Waals surface area contributed by atoms with Gasteiger partial charge in [-0.15, -0.1) is 0 Å². The molecule has 0 bridgehead atoms. The normalized spacial score (nSPS) is 14.4. The van der Waals surface area contributed by atoms with Gasteiger partial charge in [-0.25, -0.2) is 0 Å². The summed E-state index contributed by atoms with van der Waals surface area (Å²) in [6.07, 6.45) is 0.867. The molecule has 6 rings (SSSR count). The Morgan fingerprint density at radius 1 is 0.902 bits per heavy atom. The number of carbonyl (C=O) groups is 1. The largest absolute Gasteiger partial charge is 0.504 e. The van der Waals surface area contributed by atoms with E-state index in [0.717, 1.165) is 6.07 Å². The average Bonchev–Trinajstić information content (AvgIpc) is 3.00. The Balaban J connectivity index is 1.64. The Labute approximate surface area is 232 Å². The van der Waals surface area contributed by atoms with Crippen molar-refractivity contribution < 1.29 is 33.7 Å². The summed E-state index contributed by atoms with van der Waals surface area (Å²) in [5.41, 5.74) is -0.766. The third kappa shape index (κ3) is 4.57. The van der Waals surface area contributed by atoms with Gasteiger partial charge in [-0.2, -0.15) is 0 Å². The highest BCUT2D eigenvalue weighted by Gasteiger charge is 2.34. The Morgan fingerprint density at radius 3 is 2.37 bits per heavy atom. The van der Waals surface area contributed by atoms with Crippen molar-refractivity contribution in [3.63, 3.8) is 0 Å². The zero-order valence-electron chi connectivity index (χ0n) is 21.7. The van der Waals surface area contributed by atoms with Gasteiger partial charge in [-0.05, 0) is 12.1 Å². The highest BCUT2D eigenvalue weighted by Crippen LogP contribution is 2.49. The molecule has 1 saturated heterocycles. The number of hydrogen-bond donors (Lipinski definition) is 3. The maximum atomic E-state index is 13.8. The molecule has 0 saturated carbocycles. The van der Waals surface area contributed by atoms with Gasteiger partial charge in [0.25, 0.3) is 0 Å². The van der Waals surface area contributed by atoms with Gasteiger partial charge in [-0.3, -0.25) is 14.4 Å². The molecule has 0 aliphatic carbocycles. The van der Waals surface area contributed by atoms with Gasteiger partial charge in [0.15, 0.2) is 22.4 Å². The lowest BCUT2D eigenvalue weighted by Crippen LogP contribution is -2.41. The maximum Gasteiger partial charge on any atom is 0.223 e. The van der Waals surface area contributed by atoms with Gasteiger partial charge < -0.3 is 33.8 Å². The summed E-state index contributed by atoms with van der Waals surface area (Å²) in [4.78, 5) is 42.2. The van der Waals surface area contributed by atoms with Crippen LogP contribution in [0.5, 0.6) is 17.2 Å². The van der Waals surface area contributed by atoms with Crippen LogP contribution in [-0.2, 0) is 9.53 Å². The van der Waals surface area contributed by atoms with E-state index in [1.165, 1.54) is 6.26 Å². The number of benzene rings is 3. The number of ether oxygens (including phenoxy) is 1. The Morgan fingerprint density at radius 2 is 1.61 bits per heavy atom. The number of para-hydroxylation sites is 1. The van der Waals surface area contributed by atoms with Crippen molar-refractivity contribution in [2.24, 2.45) is 0 Å². The topological polar surface area (TPSA) is 151 Å². The molecular formula is C31H25NO9. The first-order valence-electron chi connectivity index (χ1n) is 13.0. The van der Waals surface area contributed by atoms with E-state index < -0.39 is 39.4 Å². The molecule has 0 radical (unpaired) electrons. The number of phenolic OH excluding ortho intramolecular Hbond substituents is 3. The fourth-order valence-electron chi connectivity index (χ4n) is 5.26. The van der Waals surface area contributed by atoms with E-state index in [4.69, 9.17) is 13.6 Å². The van der Waals surface area contributed by atoms with Crippen LogP contribution in [0.4, 0.5) is 0 Å². The lowest BCUT2D eigenvalue weighted by molar-refractivity contribution is -0.135. The lowest BCUT2D eigenvalue weighted by atomic mass is 9.85. The molecule has 208 valence electrons. The number of fused-ring (bicyclic) bond motifs is 2. The van der Waals surface area contributed by atoms with Gasteiger partial charge in [-0.1, -0.05) is 42.5 Å². The number of carbonyl (C=O) groups excluding carboxylic acids is 1. The van der Waals surface area contributed by atoms with Crippen molar-refractivity contribution >= 4 is 27.8 Å². The van der Waals surface area contributed by atoms with Crippen LogP contribution in [-0.4, -0.2) is 52.4 Å². The van der Waals surface area contributed by atoms with Gasteiger partial charge in [0.05, 0.1) is 24.9 Å². The molecule has 1 aliphatic heterocycles. The molecule has 5 aromatic rings. The van der Waals surface area contributed by atoms with Gasteiger partial charge in [0, 0.05) is 48.2 Å². The summed E-state index contributed by atoms with van der Waals surface area (Å²) in [7, 11) is 0. The second kappa shape index (κ2) is 10.5. The fourth-order valence-corrected chi connectivity index (χ4v) is 5.26. The van der Waals surface area contributed by atoms with E-state index >= 15 is 0 Å². The SMILES string of the molecule is O=C(C[C@@H](c1coc2ccccc2c1=O)c1c(O)c(O)c(O)c2c(=O)cc(-c3ccccc3)oc12)N1CCOCC1. The summed E-state index contributed by atoms with van der Waals surface area (Å²) in [6, 6.07) is 16.4. The minimum Gasteiger partial charge on any atom is -0.504 e. The highest BCUT2D eigenvalue weighted by molar-refractivity contribution is 5.94. The van der Waals surface area contributed by atoms with Crippen molar-refractivity contribution in [2.45, 2.75) is 12.3 Å². The van der Waals surface area contributed by atoms with E-state index in [1.54, 1.807) is 59.5 Å². The molecule has 1 aliphatic rings. The molecular weight excluding hydrogens is 530 g/mol. The Kier molecular flexibility index (Phi) is 6.68. The van der Waals surface area contributed by atoms with Crippen LogP contribution in [0.1, 0.15) is 23.5 Å². The van der Waals surface area contributed by atoms with Crippen molar-refractivity contribution in [3.05, 3.63) is 98.5 Å². The average molecular weight is 556 g/mol.